The van der Waals surface area contributed by atoms with E-state index in [0.717, 1.165) is 6.20 Å². The number of hydrogen-bond acceptors (Lipinski definition) is 4. The summed E-state index contributed by atoms with van der Waals surface area (Å²) in [5.41, 5.74) is 1.18. The minimum atomic E-state index is -0.711. The number of benzene rings is 1. The molecule has 108 valence electrons. The van der Waals surface area contributed by atoms with Gasteiger partial charge in [0.25, 0.3) is 5.91 Å². The van der Waals surface area contributed by atoms with Gasteiger partial charge in [-0.1, -0.05) is 6.07 Å². The molecule has 1 aromatic carbocycles. The molecule has 5 nitrogen and oxygen atoms in total. The molecule has 0 aliphatic rings. The number of pyridine rings is 1. The lowest BCUT2D eigenvalue weighted by molar-refractivity contribution is 0.0599. The molecule has 1 aromatic heterocycles. The van der Waals surface area contributed by atoms with Crippen molar-refractivity contribution in [2.75, 3.05) is 12.4 Å². The number of esters is 1. The molecule has 2 rings (SSSR count). The first-order valence-electron chi connectivity index (χ1n) is 6.13. The predicted octanol–water partition coefficient (Wildman–Crippen LogP) is 2.57. The number of hydrogen-bond donors (Lipinski definition) is 1. The standard InChI is InChI=1S/C15H13FN2O3/c1-9-10(15(20)21-2)4-3-5-13(9)18-14(19)11-6-7-17-8-12(11)16/h3-8H,1-2H3,(H,18,19). The number of carbonyl (C=O) groups excluding carboxylic acids is 2. The summed E-state index contributed by atoms with van der Waals surface area (Å²) < 4.78 is 18.2. The summed E-state index contributed by atoms with van der Waals surface area (Å²) in [7, 11) is 1.28. The molecule has 2 aromatic rings. The number of rotatable bonds is 3. The van der Waals surface area contributed by atoms with Crippen molar-refractivity contribution in [3.05, 3.63) is 59.2 Å². The van der Waals surface area contributed by atoms with E-state index in [-0.39, 0.29) is 5.56 Å². The third-order valence-electron chi connectivity index (χ3n) is 3.00. The zero-order chi connectivity index (χ0) is 15.4. The minimum absolute atomic E-state index is 0.118. The average molecular weight is 288 g/mol. The van der Waals surface area contributed by atoms with Crippen molar-refractivity contribution in [3.63, 3.8) is 0 Å². The number of halogens is 1. The fourth-order valence-electron chi connectivity index (χ4n) is 1.85. The number of nitrogens with zero attached hydrogens (tertiary/aromatic N) is 1. The molecule has 1 amide bonds. The van der Waals surface area contributed by atoms with E-state index in [2.05, 4.69) is 15.0 Å². The van der Waals surface area contributed by atoms with Crippen LogP contribution in [0, 0.1) is 12.7 Å². The summed E-state index contributed by atoms with van der Waals surface area (Å²) in [6.07, 6.45) is 2.29. The molecule has 0 fully saturated rings. The summed E-state index contributed by atoms with van der Waals surface area (Å²) in [5, 5.41) is 2.57. The third kappa shape index (κ3) is 3.05. The average Bonchev–Trinajstić information content (AvgIpc) is 2.49. The second kappa shape index (κ2) is 6.13. The van der Waals surface area contributed by atoms with Gasteiger partial charge in [-0.3, -0.25) is 9.78 Å². The van der Waals surface area contributed by atoms with Crippen LogP contribution in [0.5, 0.6) is 0 Å². The minimum Gasteiger partial charge on any atom is -0.465 e. The first kappa shape index (κ1) is 14.6. The largest absolute Gasteiger partial charge is 0.465 e. The number of aromatic nitrogens is 1. The van der Waals surface area contributed by atoms with Crippen LogP contribution < -0.4 is 5.32 Å². The second-order valence-corrected chi connectivity index (χ2v) is 4.28. The Morgan fingerprint density at radius 1 is 1.24 bits per heavy atom. The normalized spacial score (nSPS) is 10.0. The first-order valence-corrected chi connectivity index (χ1v) is 6.13. The van der Waals surface area contributed by atoms with Crippen molar-refractivity contribution >= 4 is 17.6 Å². The summed E-state index contributed by atoms with van der Waals surface area (Å²) in [6, 6.07) is 6.10. The highest BCUT2D eigenvalue weighted by Gasteiger charge is 2.16. The molecule has 0 bridgehead atoms. The fourth-order valence-corrected chi connectivity index (χ4v) is 1.85. The summed E-state index contributed by atoms with van der Waals surface area (Å²) >= 11 is 0. The molecule has 0 atom stereocenters. The van der Waals surface area contributed by atoms with Crippen LogP contribution in [-0.4, -0.2) is 24.0 Å². The lowest BCUT2D eigenvalue weighted by Crippen LogP contribution is -2.16. The Morgan fingerprint density at radius 3 is 2.67 bits per heavy atom. The number of nitrogens with one attached hydrogen (secondary N) is 1. The highest BCUT2D eigenvalue weighted by atomic mass is 19.1. The van der Waals surface area contributed by atoms with Crippen LogP contribution in [0.15, 0.2) is 36.7 Å². The van der Waals surface area contributed by atoms with E-state index in [4.69, 9.17) is 0 Å². The van der Waals surface area contributed by atoms with Crippen LogP contribution in [0.4, 0.5) is 10.1 Å². The van der Waals surface area contributed by atoms with Gasteiger partial charge in [0.2, 0.25) is 0 Å². The molecule has 0 saturated carbocycles. The van der Waals surface area contributed by atoms with Gasteiger partial charge >= 0.3 is 5.97 Å². The van der Waals surface area contributed by atoms with Gasteiger partial charge < -0.3 is 10.1 Å². The van der Waals surface area contributed by atoms with E-state index in [1.807, 2.05) is 0 Å². The van der Waals surface area contributed by atoms with Gasteiger partial charge in [-0.2, -0.15) is 0 Å². The Bertz CT molecular complexity index is 701. The Hall–Kier alpha value is -2.76. The smallest absolute Gasteiger partial charge is 0.338 e. The van der Waals surface area contributed by atoms with Gasteiger partial charge in [0.15, 0.2) is 5.82 Å². The predicted molar refractivity (Wildman–Crippen MR) is 74.7 cm³/mol. The van der Waals surface area contributed by atoms with Crippen molar-refractivity contribution in [3.8, 4) is 0 Å². The molecule has 0 aliphatic heterocycles. The van der Waals surface area contributed by atoms with Crippen molar-refractivity contribution in [2.45, 2.75) is 6.92 Å². The summed E-state index contributed by atoms with van der Waals surface area (Å²) in [5.74, 6) is -1.82. The highest BCUT2D eigenvalue weighted by Crippen LogP contribution is 2.20. The Labute approximate surface area is 120 Å². The fraction of sp³-hybridized carbons (Fsp3) is 0.133. The zero-order valence-corrected chi connectivity index (χ0v) is 11.5. The lowest BCUT2D eigenvalue weighted by atomic mass is 10.1. The Morgan fingerprint density at radius 2 is 2.00 bits per heavy atom. The molecule has 0 aliphatic carbocycles. The van der Waals surface area contributed by atoms with Crippen LogP contribution >= 0.6 is 0 Å². The van der Waals surface area contributed by atoms with E-state index in [1.54, 1.807) is 25.1 Å². The molecule has 0 radical (unpaired) electrons. The summed E-state index contributed by atoms with van der Waals surface area (Å²) in [4.78, 5) is 27.2. The molecular weight excluding hydrogens is 275 g/mol. The second-order valence-electron chi connectivity index (χ2n) is 4.28. The number of methoxy groups -OCH3 is 1. The van der Waals surface area contributed by atoms with Crippen molar-refractivity contribution in [2.24, 2.45) is 0 Å². The molecule has 21 heavy (non-hydrogen) atoms. The zero-order valence-electron chi connectivity index (χ0n) is 11.5. The van der Waals surface area contributed by atoms with Crippen molar-refractivity contribution in [1.29, 1.82) is 0 Å². The third-order valence-corrected chi connectivity index (χ3v) is 3.00. The van der Waals surface area contributed by atoms with Crippen LogP contribution in [0.25, 0.3) is 0 Å². The highest BCUT2D eigenvalue weighted by molar-refractivity contribution is 6.05. The maximum atomic E-state index is 13.5. The van der Waals surface area contributed by atoms with Gasteiger partial charge in [0.05, 0.1) is 24.4 Å². The van der Waals surface area contributed by atoms with Crippen LogP contribution in [0.1, 0.15) is 26.3 Å². The molecule has 0 saturated heterocycles. The van der Waals surface area contributed by atoms with Crippen molar-refractivity contribution in [1.82, 2.24) is 4.98 Å². The Kier molecular flexibility index (Phi) is 4.27. The van der Waals surface area contributed by atoms with E-state index in [9.17, 15) is 14.0 Å². The quantitative estimate of drug-likeness (QED) is 0.881. The number of amides is 1. The monoisotopic (exact) mass is 288 g/mol. The molecule has 0 spiro atoms. The SMILES string of the molecule is COC(=O)c1cccc(NC(=O)c2ccncc2F)c1C. The first-order chi connectivity index (χ1) is 10.0. The molecule has 1 heterocycles. The topological polar surface area (TPSA) is 68.3 Å². The van der Waals surface area contributed by atoms with E-state index >= 15 is 0 Å². The van der Waals surface area contributed by atoms with Gasteiger partial charge in [0, 0.05) is 11.9 Å². The van der Waals surface area contributed by atoms with Gasteiger partial charge in [0.1, 0.15) is 0 Å². The van der Waals surface area contributed by atoms with Gasteiger partial charge in [-0.05, 0) is 30.7 Å². The van der Waals surface area contributed by atoms with Gasteiger partial charge in [-0.25, -0.2) is 9.18 Å². The van der Waals surface area contributed by atoms with Crippen LogP contribution in [0.2, 0.25) is 0 Å². The summed E-state index contributed by atoms with van der Waals surface area (Å²) in [6.45, 7) is 1.67. The molecule has 6 heteroatoms. The molecular formula is C15H13FN2O3. The number of ether oxygens (including phenoxy) is 1. The van der Waals surface area contributed by atoms with Crippen LogP contribution in [-0.2, 0) is 4.74 Å². The lowest BCUT2D eigenvalue weighted by Gasteiger charge is -2.11. The Balaban J connectivity index is 2.30. The van der Waals surface area contributed by atoms with E-state index in [1.165, 1.54) is 19.4 Å². The molecule has 0 unspecified atom stereocenters. The van der Waals surface area contributed by atoms with E-state index < -0.39 is 17.7 Å². The number of anilines is 1. The maximum absolute atomic E-state index is 13.5. The van der Waals surface area contributed by atoms with E-state index in [0.29, 0.717) is 16.8 Å². The van der Waals surface area contributed by atoms with Crippen molar-refractivity contribution < 1.29 is 18.7 Å². The molecule has 1 N–H and O–H groups in total. The van der Waals surface area contributed by atoms with Gasteiger partial charge in [-0.15, -0.1) is 0 Å². The maximum Gasteiger partial charge on any atom is 0.338 e. The van der Waals surface area contributed by atoms with Crippen LogP contribution in [0.3, 0.4) is 0 Å². The number of carbonyl (C=O) groups is 2.